The number of nitrogens with one attached hydrogen (secondary N) is 1. The summed E-state index contributed by atoms with van der Waals surface area (Å²) in [7, 11) is 1.32. The van der Waals surface area contributed by atoms with E-state index in [1.165, 1.54) is 25.3 Å². The Morgan fingerprint density at radius 2 is 1.75 bits per heavy atom. The maximum Gasteiger partial charge on any atom is 0.387 e. The van der Waals surface area contributed by atoms with Gasteiger partial charge in [-0.25, -0.2) is 0 Å². The van der Waals surface area contributed by atoms with Crippen LogP contribution in [0.4, 0.5) is 14.5 Å². The Hall–Kier alpha value is -3.16. The third-order valence-corrected chi connectivity index (χ3v) is 3.73. The molecule has 0 unspecified atom stereocenters. The molecule has 0 spiro atoms. The Balaban J connectivity index is 1.92. The second kappa shape index (κ2) is 10.2. The highest BCUT2D eigenvalue weighted by molar-refractivity contribution is 6.00. The van der Waals surface area contributed by atoms with Gasteiger partial charge in [-0.05, 0) is 43.3 Å². The minimum Gasteiger partial charge on any atom is -0.494 e. The molecule has 0 saturated carbocycles. The minimum atomic E-state index is -3.02. The number of amides is 1. The van der Waals surface area contributed by atoms with Crippen LogP contribution in [0.2, 0.25) is 0 Å². The van der Waals surface area contributed by atoms with Crippen LogP contribution in [0.1, 0.15) is 30.1 Å². The normalized spacial score (nSPS) is 10.5. The average Bonchev–Trinajstić information content (AvgIpc) is 2.67. The number of anilines is 1. The summed E-state index contributed by atoms with van der Waals surface area (Å²) in [6.07, 6.45) is -0.0422. The number of alkyl halides is 2. The first-order valence-electron chi connectivity index (χ1n) is 8.61. The Morgan fingerprint density at radius 3 is 2.36 bits per heavy atom. The van der Waals surface area contributed by atoms with Gasteiger partial charge in [-0.3, -0.25) is 9.59 Å². The molecule has 0 bridgehead atoms. The predicted molar refractivity (Wildman–Crippen MR) is 99.4 cm³/mol. The van der Waals surface area contributed by atoms with Crippen LogP contribution in [0.15, 0.2) is 42.5 Å². The summed E-state index contributed by atoms with van der Waals surface area (Å²) in [5, 5.41) is 2.55. The molecule has 1 N–H and O–H groups in total. The van der Waals surface area contributed by atoms with Crippen molar-refractivity contribution >= 4 is 17.4 Å². The van der Waals surface area contributed by atoms with Gasteiger partial charge in [0.2, 0.25) is 5.91 Å². The highest BCUT2D eigenvalue weighted by atomic mass is 19.3. The number of benzene rings is 2. The van der Waals surface area contributed by atoms with Crippen LogP contribution in [0.5, 0.6) is 17.2 Å². The molecule has 150 valence electrons. The monoisotopic (exact) mass is 393 g/mol. The third-order valence-electron chi connectivity index (χ3n) is 3.73. The summed E-state index contributed by atoms with van der Waals surface area (Å²) in [6, 6.07) is 10.8. The number of Topliss-reactive ketones (excluding diaryl/α,β-unsaturated/α-hetero) is 1. The molecule has 0 aliphatic heterocycles. The molecule has 2 aromatic rings. The molecular formula is C20H21F2NO5. The molecular weight excluding hydrogens is 372 g/mol. The van der Waals surface area contributed by atoms with Crippen molar-refractivity contribution < 1.29 is 32.6 Å². The van der Waals surface area contributed by atoms with Crippen LogP contribution in [-0.4, -0.2) is 32.0 Å². The molecule has 28 heavy (non-hydrogen) atoms. The van der Waals surface area contributed by atoms with E-state index in [0.717, 1.165) is 0 Å². The summed E-state index contributed by atoms with van der Waals surface area (Å²) in [5.74, 6) is -0.0232. The fourth-order valence-corrected chi connectivity index (χ4v) is 2.44. The molecule has 6 nitrogen and oxygen atoms in total. The number of carbonyl (C=O) groups is 2. The Labute approximate surface area is 161 Å². The number of ether oxygens (including phenoxy) is 3. The lowest BCUT2D eigenvalue weighted by Gasteiger charge is -2.12. The van der Waals surface area contributed by atoms with Crippen LogP contribution < -0.4 is 19.5 Å². The summed E-state index contributed by atoms with van der Waals surface area (Å²) in [6.45, 7) is -0.627. The quantitative estimate of drug-likeness (QED) is 0.610. The lowest BCUT2D eigenvalue weighted by Crippen LogP contribution is -2.14. The first-order valence-corrected chi connectivity index (χ1v) is 8.61. The van der Waals surface area contributed by atoms with E-state index in [4.69, 9.17) is 9.47 Å². The second-order valence-electron chi connectivity index (χ2n) is 5.67. The van der Waals surface area contributed by atoms with Crippen LogP contribution in [0.25, 0.3) is 0 Å². The van der Waals surface area contributed by atoms with Crippen LogP contribution in [0.3, 0.4) is 0 Å². The van der Waals surface area contributed by atoms with Gasteiger partial charge in [0.1, 0.15) is 5.75 Å². The largest absolute Gasteiger partial charge is 0.494 e. The molecule has 1 amide bonds. The summed E-state index contributed by atoms with van der Waals surface area (Å²) < 4.78 is 39.5. The Bertz CT molecular complexity index is 809. The van der Waals surface area contributed by atoms with Crippen molar-refractivity contribution in [2.45, 2.75) is 26.4 Å². The van der Waals surface area contributed by atoms with E-state index in [-0.39, 0.29) is 35.8 Å². The number of methoxy groups -OCH3 is 1. The van der Waals surface area contributed by atoms with Crippen molar-refractivity contribution in [2.24, 2.45) is 0 Å². The van der Waals surface area contributed by atoms with Gasteiger partial charge in [-0.1, -0.05) is 0 Å². The molecule has 0 aliphatic carbocycles. The summed E-state index contributed by atoms with van der Waals surface area (Å²) >= 11 is 0. The van der Waals surface area contributed by atoms with Crippen LogP contribution in [0, 0.1) is 0 Å². The SMILES string of the molecule is CCOc1ccc(C(=O)CCC(=O)Nc2ccc(OC)c(OC(F)F)c2)cc1. The first-order chi connectivity index (χ1) is 13.4. The molecule has 0 fully saturated rings. The molecule has 2 rings (SSSR count). The van der Waals surface area contributed by atoms with E-state index in [1.54, 1.807) is 24.3 Å². The van der Waals surface area contributed by atoms with Crippen molar-refractivity contribution in [3.05, 3.63) is 48.0 Å². The summed E-state index contributed by atoms with van der Waals surface area (Å²) in [4.78, 5) is 24.3. The number of ketones is 1. The highest BCUT2D eigenvalue weighted by Crippen LogP contribution is 2.31. The number of halogens is 2. The molecule has 8 heteroatoms. The summed E-state index contributed by atoms with van der Waals surface area (Å²) in [5.41, 5.74) is 0.739. The highest BCUT2D eigenvalue weighted by Gasteiger charge is 2.14. The Morgan fingerprint density at radius 1 is 1.04 bits per heavy atom. The number of rotatable bonds is 10. The zero-order valence-corrected chi connectivity index (χ0v) is 15.5. The molecule has 0 aromatic heterocycles. The standard InChI is InChI=1S/C20H21F2NO5/c1-3-27-15-7-4-13(5-8-15)16(24)9-11-19(25)23-14-6-10-17(26-2)18(12-14)28-20(21)22/h4-8,10,12,20H,3,9,11H2,1-2H3,(H,23,25). The van der Waals surface area contributed by atoms with Crippen molar-refractivity contribution in [3.8, 4) is 17.2 Å². The average molecular weight is 393 g/mol. The van der Waals surface area contributed by atoms with E-state index in [1.807, 2.05) is 6.92 Å². The lowest BCUT2D eigenvalue weighted by atomic mass is 10.1. The maximum atomic E-state index is 12.5. The van der Waals surface area contributed by atoms with Gasteiger partial charge >= 0.3 is 6.61 Å². The van der Waals surface area contributed by atoms with Gasteiger partial charge in [0.25, 0.3) is 0 Å². The van der Waals surface area contributed by atoms with Crippen molar-refractivity contribution in [1.82, 2.24) is 0 Å². The molecule has 2 aromatic carbocycles. The molecule has 0 heterocycles. The van der Waals surface area contributed by atoms with E-state index < -0.39 is 12.5 Å². The van der Waals surface area contributed by atoms with E-state index >= 15 is 0 Å². The number of hydrogen-bond donors (Lipinski definition) is 1. The second-order valence-corrected chi connectivity index (χ2v) is 5.67. The van der Waals surface area contributed by atoms with Crippen molar-refractivity contribution in [1.29, 1.82) is 0 Å². The van der Waals surface area contributed by atoms with Gasteiger partial charge in [-0.15, -0.1) is 0 Å². The lowest BCUT2D eigenvalue weighted by molar-refractivity contribution is -0.116. The topological polar surface area (TPSA) is 73.9 Å². The number of hydrogen-bond acceptors (Lipinski definition) is 5. The van der Waals surface area contributed by atoms with Crippen molar-refractivity contribution in [2.75, 3.05) is 19.0 Å². The molecule has 0 atom stereocenters. The van der Waals surface area contributed by atoms with E-state index in [2.05, 4.69) is 10.1 Å². The van der Waals surface area contributed by atoms with E-state index in [0.29, 0.717) is 17.9 Å². The van der Waals surface area contributed by atoms with Gasteiger partial charge in [0.15, 0.2) is 17.3 Å². The number of carbonyl (C=O) groups excluding carboxylic acids is 2. The molecule has 0 saturated heterocycles. The fourth-order valence-electron chi connectivity index (χ4n) is 2.44. The molecule has 0 aliphatic rings. The predicted octanol–water partition coefficient (Wildman–Crippen LogP) is 4.30. The Kier molecular flexibility index (Phi) is 7.74. The zero-order chi connectivity index (χ0) is 20.5. The van der Waals surface area contributed by atoms with Crippen LogP contribution >= 0.6 is 0 Å². The van der Waals surface area contributed by atoms with Crippen molar-refractivity contribution in [3.63, 3.8) is 0 Å². The van der Waals surface area contributed by atoms with E-state index in [9.17, 15) is 18.4 Å². The maximum absolute atomic E-state index is 12.5. The van der Waals surface area contributed by atoms with Gasteiger partial charge < -0.3 is 19.5 Å². The van der Waals surface area contributed by atoms with Gasteiger partial charge in [0.05, 0.1) is 13.7 Å². The first kappa shape index (κ1) is 21.1. The van der Waals surface area contributed by atoms with Gasteiger partial charge in [0, 0.05) is 30.2 Å². The zero-order valence-electron chi connectivity index (χ0n) is 15.5. The third kappa shape index (κ3) is 6.22. The van der Waals surface area contributed by atoms with Gasteiger partial charge in [-0.2, -0.15) is 8.78 Å². The minimum absolute atomic E-state index is 0.0103. The van der Waals surface area contributed by atoms with Crippen LogP contribution in [-0.2, 0) is 4.79 Å². The smallest absolute Gasteiger partial charge is 0.387 e. The molecule has 0 radical (unpaired) electrons. The fraction of sp³-hybridized carbons (Fsp3) is 0.300.